The molecule has 0 saturated carbocycles. The fourth-order valence-corrected chi connectivity index (χ4v) is 6.77. The van der Waals surface area contributed by atoms with E-state index < -0.39 is 0 Å². The average molecular weight is 494 g/mol. The third-order valence-corrected chi connectivity index (χ3v) is 8.51. The number of para-hydroxylation sites is 1. The van der Waals surface area contributed by atoms with Gasteiger partial charge in [0.05, 0.1) is 33.9 Å². The van der Waals surface area contributed by atoms with E-state index in [0.717, 1.165) is 57.8 Å². The fourth-order valence-electron chi connectivity index (χ4n) is 4.53. The van der Waals surface area contributed by atoms with Crippen LogP contribution in [-0.4, -0.2) is 31.0 Å². The molecule has 0 spiro atoms. The summed E-state index contributed by atoms with van der Waals surface area (Å²) in [5.41, 5.74) is 4.28. The van der Waals surface area contributed by atoms with E-state index >= 15 is 0 Å². The summed E-state index contributed by atoms with van der Waals surface area (Å²) in [5.74, 6) is 0.604. The second-order valence-electron chi connectivity index (χ2n) is 8.91. The average Bonchev–Trinajstić information content (AvgIpc) is 3.29. The van der Waals surface area contributed by atoms with Crippen LogP contribution in [0.3, 0.4) is 0 Å². The number of carbonyl (C=O) groups is 1. The predicted octanol–water partition coefficient (Wildman–Crippen LogP) is 4.65. The van der Waals surface area contributed by atoms with Gasteiger partial charge in [-0.25, -0.2) is 4.98 Å². The SMILES string of the molecule is Cc1nn(C)c(C)c1NC(=O)CSc1nc2sc3c(c2c(=O)n1-c1ccccc1)CCC(C)C3. The maximum absolute atomic E-state index is 13.8. The molecule has 1 unspecified atom stereocenters. The Kier molecular flexibility index (Phi) is 6.07. The quantitative estimate of drug-likeness (QED) is 0.323. The molecule has 0 bridgehead atoms. The number of fused-ring (bicyclic) bond motifs is 3. The Bertz CT molecular complexity index is 1450. The maximum Gasteiger partial charge on any atom is 0.267 e. The first-order valence-electron chi connectivity index (χ1n) is 11.4. The van der Waals surface area contributed by atoms with Gasteiger partial charge in [0.15, 0.2) is 5.16 Å². The molecule has 7 nitrogen and oxygen atoms in total. The van der Waals surface area contributed by atoms with Crippen molar-refractivity contribution >= 4 is 44.9 Å². The molecular weight excluding hydrogens is 466 g/mol. The number of aryl methyl sites for hydroxylation is 3. The van der Waals surface area contributed by atoms with Crippen LogP contribution < -0.4 is 10.9 Å². The van der Waals surface area contributed by atoms with Crippen LogP contribution in [0.4, 0.5) is 5.69 Å². The smallest absolute Gasteiger partial charge is 0.267 e. The Morgan fingerprint density at radius 3 is 2.74 bits per heavy atom. The largest absolute Gasteiger partial charge is 0.322 e. The van der Waals surface area contributed by atoms with E-state index in [1.54, 1.807) is 20.6 Å². The van der Waals surface area contributed by atoms with Crippen LogP contribution in [0.15, 0.2) is 40.3 Å². The minimum Gasteiger partial charge on any atom is -0.322 e. The number of hydrogen-bond donors (Lipinski definition) is 1. The molecule has 3 heterocycles. The van der Waals surface area contributed by atoms with Gasteiger partial charge in [-0.05, 0) is 56.7 Å². The summed E-state index contributed by atoms with van der Waals surface area (Å²) >= 11 is 2.91. The lowest BCUT2D eigenvalue weighted by molar-refractivity contribution is -0.113. The lowest BCUT2D eigenvalue weighted by Gasteiger charge is -2.17. The predicted molar refractivity (Wildman–Crippen MR) is 138 cm³/mol. The molecule has 0 saturated heterocycles. The summed E-state index contributed by atoms with van der Waals surface area (Å²) in [6, 6.07) is 9.55. The van der Waals surface area contributed by atoms with Crippen molar-refractivity contribution < 1.29 is 4.79 Å². The number of amides is 1. The summed E-state index contributed by atoms with van der Waals surface area (Å²) in [7, 11) is 1.85. The second-order valence-corrected chi connectivity index (χ2v) is 10.9. The molecule has 9 heteroatoms. The van der Waals surface area contributed by atoms with Gasteiger partial charge in [0.25, 0.3) is 5.56 Å². The first kappa shape index (κ1) is 22.9. The standard InChI is InChI=1S/C25H27N5O2S2/c1-14-10-11-18-19(12-14)34-23-21(18)24(32)30(17-8-6-5-7-9-17)25(27-23)33-13-20(31)26-22-15(2)28-29(4)16(22)3/h5-9,14H,10-13H2,1-4H3,(H,26,31). The van der Waals surface area contributed by atoms with Crippen LogP contribution in [0.5, 0.6) is 0 Å². The van der Waals surface area contributed by atoms with Crippen molar-refractivity contribution in [1.82, 2.24) is 19.3 Å². The van der Waals surface area contributed by atoms with Crippen molar-refractivity contribution in [3.05, 3.63) is 62.5 Å². The molecule has 0 radical (unpaired) electrons. The Morgan fingerprint density at radius 1 is 1.26 bits per heavy atom. The topological polar surface area (TPSA) is 81.8 Å². The number of carbonyl (C=O) groups excluding carboxylic acids is 1. The molecule has 34 heavy (non-hydrogen) atoms. The minimum atomic E-state index is -0.155. The van der Waals surface area contributed by atoms with E-state index in [1.807, 2.05) is 51.2 Å². The number of aromatic nitrogens is 4. The van der Waals surface area contributed by atoms with Crippen LogP contribution in [0, 0.1) is 19.8 Å². The van der Waals surface area contributed by atoms with E-state index in [0.29, 0.717) is 11.1 Å². The van der Waals surface area contributed by atoms with Crippen molar-refractivity contribution in [2.24, 2.45) is 13.0 Å². The van der Waals surface area contributed by atoms with Gasteiger partial charge in [-0.1, -0.05) is 36.9 Å². The van der Waals surface area contributed by atoms with Crippen molar-refractivity contribution in [2.45, 2.75) is 45.2 Å². The van der Waals surface area contributed by atoms with E-state index in [4.69, 9.17) is 4.98 Å². The van der Waals surface area contributed by atoms with Crippen molar-refractivity contribution in [3.8, 4) is 5.69 Å². The normalized spacial score (nSPS) is 15.5. The van der Waals surface area contributed by atoms with Gasteiger partial charge in [0.1, 0.15) is 4.83 Å². The van der Waals surface area contributed by atoms with Crippen LogP contribution in [-0.2, 0) is 24.7 Å². The van der Waals surface area contributed by atoms with Crippen molar-refractivity contribution in [1.29, 1.82) is 0 Å². The van der Waals surface area contributed by atoms with Gasteiger partial charge in [-0.15, -0.1) is 11.3 Å². The van der Waals surface area contributed by atoms with Crippen LogP contribution in [0.25, 0.3) is 15.9 Å². The molecular formula is C25H27N5O2S2. The molecule has 0 fully saturated rings. The second kappa shape index (κ2) is 9.03. The van der Waals surface area contributed by atoms with Gasteiger partial charge in [-0.3, -0.25) is 18.8 Å². The maximum atomic E-state index is 13.8. The summed E-state index contributed by atoms with van der Waals surface area (Å²) in [5, 5.41) is 8.60. The molecule has 1 atom stereocenters. The molecule has 1 amide bonds. The Morgan fingerprint density at radius 2 is 2.03 bits per heavy atom. The van der Waals surface area contributed by atoms with E-state index in [1.165, 1.54) is 16.6 Å². The molecule has 1 aromatic carbocycles. The van der Waals surface area contributed by atoms with E-state index in [9.17, 15) is 9.59 Å². The number of nitrogens with one attached hydrogen (secondary N) is 1. The third-order valence-electron chi connectivity index (χ3n) is 6.42. The van der Waals surface area contributed by atoms with Crippen LogP contribution in [0.1, 0.15) is 35.2 Å². The van der Waals surface area contributed by atoms with Gasteiger partial charge < -0.3 is 5.32 Å². The fraction of sp³-hybridized carbons (Fsp3) is 0.360. The zero-order valence-corrected chi connectivity index (χ0v) is 21.3. The number of benzene rings is 1. The van der Waals surface area contributed by atoms with E-state index in [2.05, 4.69) is 17.3 Å². The molecule has 0 aliphatic heterocycles. The van der Waals surface area contributed by atoms with E-state index in [-0.39, 0.29) is 17.2 Å². The molecule has 1 aliphatic rings. The highest BCUT2D eigenvalue weighted by Gasteiger charge is 2.25. The Balaban J connectivity index is 1.52. The zero-order chi connectivity index (χ0) is 24.0. The highest BCUT2D eigenvalue weighted by Crippen LogP contribution is 2.37. The molecule has 5 rings (SSSR count). The number of thiophene rings is 1. The Hall–Kier alpha value is -2.91. The van der Waals surface area contributed by atoms with Crippen LogP contribution >= 0.6 is 23.1 Å². The van der Waals surface area contributed by atoms with Crippen molar-refractivity contribution in [2.75, 3.05) is 11.1 Å². The van der Waals surface area contributed by atoms with Gasteiger partial charge >= 0.3 is 0 Å². The van der Waals surface area contributed by atoms with Gasteiger partial charge in [-0.2, -0.15) is 5.10 Å². The summed E-state index contributed by atoms with van der Waals surface area (Å²) in [6.07, 6.45) is 3.00. The monoisotopic (exact) mass is 493 g/mol. The first-order chi connectivity index (χ1) is 16.3. The zero-order valence-electron chi connectivity index (χ0n) is 19.7. The highest BCUT2D eigenvalue weighted by atomic mass is 32.2. The number of anilines is 1. The third kappa shape index (κ3) is 4.07. The van der Waals surface area contributed by atoms with Gasteiger partial charge in [0.2, 0.25) is 5.91 Å². The molecule has 4 aromatic rings. The van der Waals surface area contributed by atoms with Crippen molar-refractivity contribution in [3.63, 3.8) is 0 Å². The molecule has 1 aliphatic carbocycles. The minimum absolute atomic E-state index is 0.0508. The summed E-state index contributed by atoms with van der Waals surface area (Å²) in [6.45, 7) is 6.05. The first-order valence-corrected chi connectivity index (χ1v) is 13.2. The van der Waals surface area contributed by atoms with Crippen LogP contribution in [0.2, 0.25) is 0 Å². The molecule has 176 valence electrons. The summed E-state index contributed by atoms with van der Waals surface area (Å²) in [4.78, 5) is 33.6. The van der Waals surface area contributed by atoms with Gasteiger partial charge in [0, 0.05) is 11.9 Å². The number of rotatable bonds is 5. The lowest BCUT2D eigenvalue weighted by Crippen LogP contribution is -2.23. The Labute approximate surface area is 206 Å². The lowest BCUT2D eigenvalue weighted by atomic mass is 9.89. The molecule has 3 aromatic heterocycles. The molecule has 1 N–H and O–H groups in total. The highest BCUT2D eigenvalue weighted by molar-refractivity contribution is 7.99. The summed E-state index contributed by atoms with van der Waals surface area (Å²) < 4.78 is 3.41. The number of thioether (sulfide) groups is 1. The number of hydrogen-bond acceptors (Lipinski definition) is 6. The number of nitrogens with zero attached hydrogens (tertiary/aromatic N) is 4.